The van der Waals surface area contributed by atoms with Gasteiger partial charge in [0.05, 0.1) is 5.69 Å². The normalized spacial score (nSPS) is 18.6. The molecular formula is C17H25N7O. The zero-order chi connectivity index (χ0) is 17.4. The predicted octanol–water partition coefficient (Wildman–Crippen LogP) is 2.11. The van der Waals surface area contributed by atoms with Crippen LogP contribution < -0.4 is 5.32 Å². The first kappa shape index (κ1) is 16.1. The Bertz CT molecular complexity index is 733. The van der Waals surface area contributed by atoms with Gasteiger partial charge in [0.2, 0.25) is 0 Å². The summed E-state index contributed by atoms with van der Waals surface area (Å²) >= 11 is 0. The standard InChI is InChI=1S/C17H25N7O/c1-10-14(11(2)21-20-10)9-18-17(25)24-7-5-13(6-8-24)16-19-15(22-23-16)12-3-4-12/h12-13H,3-9H2,1-2H3,(H,18,25)(H,20,21)(H,19,22,23). The molecule has 2 amide bonds. The number of urea groups is 1. The van der Waals surface area contributed by atoms with Gasteiger partial charge in [-0.2, -0.15) is 10.2 Å². The quantitative estimate of drug-likeness (QED) is 0.791. The Morgan fingerprint density at radius 1 is 1.12 bits per heavy atom. The fourth-order valence-corrected chi connectivity index (χ4v) is 3.46. The van der Waals surface area contributed by atoms with Gasteiger partial charge in [0.1, 0.15) is 5.82 Å². The number of amides is 2. The van der Waals surface area contributed by atoms with Gasteiger partial charge < -0.3 is 10.2 Å². The number of aromatic nitrogens is 5. The molecule has 134 valence electrons. The van der Waals surface area contributed by atoms with Crippen LogP contribution in [0.4, 0.5) is 4.79 Å². The van der Waals surface area contributed by atoms with Crippen LogP contribution in [0.2, 0.25) is 0 Å². The van der Waals surface area contributed by atoms with Crippen LogP contribution in [-0.4, -0.2) is 49.4 Å². The number of carbonyl (C=O) groups is 1. The van der Waals surface area contributed by atoms with Crippen LogP contribution in [0.25, 0.3) is 0 Å². The molecule has 2 fully saturated rings. The third-order valence-electron chi connectivity index (χ3n) is 5.33. The molecule has 2 aromatic rings. The molecule has 0 unspecified atom stereocenters. The zero-order valence-electron chi connectivity index (χ0n) is 14.8. The first-order valence-corrected chi connectivity index (χ1v) is 9.07. The molecule has 8 heteroatoms. The van der Waals surface area contributed by atoms with Gasteiger partial charge in [-0.1, -0.05) is 0 Å². The van der Waals surface area contributed by atoms with E-state index in [0.29, 0.717) is 18.4 Å². The van der Waals surface area contributed by atoms with E-state index in [2.05, 4.69) is 30.7 Å². The molecule has 25 heavy (non-hydrogen) atoms. The monoisotopic (exact) mass is 343 g/mol. The van der Waals surface area contributed by atoms with Crippen molar-refractivity contribution in [1.82, 2.24) is 35.6 Å². The minimum absolute atomic E-state index is 0.00492. The highest BCUT2D eigenvalue weighted by Crippen LogP contribution is 2.38. The summed E-state index contributed by atoms with van der Waals surface area (Å²) in [7, 11) is 0. The summed E-state index contributed by atoms with van der Waals surface area (Å²) in [4.78, 5) is 19.0. The smallest absolute Gasteiger partial charge is 0.317 e. The molecule has 0 bridgehead atoms. The number of aromatic amines is 2. The molecule has 1 aliphatic carbocycles. The summed E-state index contributed by atoms with van der Waals surface area (Å²) in [6.45, 7) is 5.93. The second-order valence-corrected chi connectivity index (χ2v) is 7.19. The fourth-order valence-electron chi connectivity index (χ4n) is 3.46. The van der Waals surface area contributed by atoms with Crippen molar-refractivity contribution in [2.45, 2.75) is 57.9 Å². The Hall–Kier alpha value is -2.38. The Kier molecular flexibility index (Phi) is 4.19. The molecule has 8 nitrogen and oxygen atoms in total. The van der Waals surface area contributed by atoms with Crippen LogP contribution in [0.5, 0.6) is 0 Å². The van der Waals surface area contributed by atoms with Crippen LogP contribution in [0, 0.1) is 13.8 Å². The van der Waals surface area contributed by atoms with Gasteiger partial charge in [-0.05, 0) is 39.5 Å². The maximum Gasteiger partial charge on any atom is 0.317 e. The molecule has 0 aromatic carbocycles. The lowest BCUT2D eigenvalue weighted by atomic mass is 9.96. The van der Waals surface area contributed by atoms with Crippen LogP contribution >= 0.6 is 0 Å². The number of rotatable bonds is 4. The van der Waals surface area contributed by atoms with Gasteiger partial charge in [0.25, 0.3) is 0 Å². The Labute approximate surface area is 146 Å². The molecule has 1 aliphatic heterocycles. The summed E-state index contributed by atoms with van der Waals surface area (Å²) in [5.74, 6) is 2.92. The molecule has 0 atom stereocenters. The van der Waals surface area contributed by atoms with Gasteiger partial charge in [-0.15, -0.1) is 0 Å². The van der Waals surface area contributed by atoms with Crippen molar-refractivity contribution < 1.29 is 4.79 Å². The van der Waals surface area contributed by atoms with E-state index in [9.17, 15) is 4.79 Å². The molecule has 4 rings (SSSR count). The minimum atomic E-state index is -0.00492. The SMILES string of the molecule is Cc1n[nH]c(C)c1CNC(=O)N1CCC(c2nc(C3CC3)n[nH]2)CC1. The number of piperidine rings is 1. The number of carbonyl (C=O) groups excluding carboxylic acids is 1. The number of nitrogens with zero attached hydrogens (tertiary/aromatic N) is 4. The van der Waals surface area contributed by atoms with Crippen molar-refractivity contribution in [3.05, 3.63) is 28.6 Å². The first-order valence-electron chi connectivity index (χ1n) is 9.07. The summed E-state index contributed by atoms with van der Waals surface area (Å²) in [6.07, 6.45) is 4.28. The van der Waals surface area contributed by atoms with Crippen LogP contribution in [0.3, 0.4) is 0 Å². The lowest BCUT2D eigenvalue weighted by Gasteiger charge is -2.31. The number of nitrogens with one attached hydrogen (secondary N) is 3. The second-order valence-electron chi connectivity index (χ2n) is 7.19. The molecule has 0 radical (unpaired) electrons. The number of hydrogen-bond acceptors (Lipinski definition) is 4. The summed E-state index contributed by atoms with van der Waals surface area (Å²) in [6, 6.07) is -0.00492. The molecule has 0 spiro atoms. The second kappa shape index (κ2) is 6.50. The van der Waals surface area contributed by atoms with E-state index >= 15 is 0 Å². The summed E-state index contributed by atoms with van der Waals surface area (Å²) < 4.78 is 0. The topological polar surface area (TPSA) is 103 Å². The molecule has 1 saturated carbocycles. The molecule has 2 aromatic heterocycles. The highest BCUT2D eigenvalue weighted by molar-refractivity contribution is 5.74. The lowest BCUT2D eigenvalue weighted by Crippen LogP contribution is -2.44. The lowest BCUT2D eigenvalue weighted by molar-refractivity contribution is 0.180. The van der Waals surface area contributed by atoms with Crippen molar-refractivity contribution in [3.8, 4) is 0 Å². The summed E-state index contributed by atoms with van der Waals surface area (Å²) in [5.41, 5.74) is 3.01. The third-order valence-corrected chi connectivity index (χ3v) is 5.33. The molecular weight excluding hydrogens is 318 g/mol. The van der Waals surface area contributed by atoms with Crippen molar-refractivity contribution in [2.24, 2.45) is 0 Å². The van der Waals surface area contributed by atoms with Gasteiger partial charge >= 0.3 is 6.03 Å². The van der Waals surface area contributed by atoms with Crippen LogP contribution in [0.1, 0.15) is 66.1 Å². The van der Waals surface area contributed by atoms with Crippen LogP contribution in [-0.2, 0) is 6.54 Å². The van der Waals surface area contributed by atoms with E-state index in [0.717, 1.165) is 54.5 Å². The van der Waals surface area contributed by atoms with Gasteiger partial charge in [-0.25, -0.2) is 9.78 Å². The number of aryl methyl sites for hydroxylation is 2. The maximum atomic E-state index is 12.4. The van der Waals surface area contributed by atoms with E-state index < -0.39 is 0 Å². The highest BCUT2D eigenvalue weighted by Gasteiger charge is 2.30. The van der Waals surface area contributed by atoms with Crippen LogP contribution in [0.15, 0.2) is 0 Å². The van der Waals surface area contributed by atoms with Crippen molar-refractivity contribution in [1.29, 1.82) is 0 Å². The molecule has 3 heterocycles. The van der Waals surface area contributed by atoms with Gasteiger partial charge in [-0.3, -0.25) is 10.2 Å². The minimum Gasteiger partial charge on any atom is -0.334 e. The van der Waals surface area contributed by atoms with E-state index in [-0.39, 0.29) is 6.03 Å². The first-order chi connectivity index (χ1) is 12.1. The predicted molar refractivity (Wildman–Crippen MR) is 92.2 cm³/mol. The molecule has 2 aliphatic rings. The molecule has 3 N–H and O–H groups in total. The fraction of sp³-hybridized carbons (Fsp3) is 0.647. The Morgan fingerprint density at radius 2 is 1.88 bits per heavy atom. The summed E-state index contributed by atoms with van der Waals surface area (Å²) in [5, 5.41) is 17.6. The van der Waals surface area contributed by atoms with Gasteiger partial charge in [0, 0.05) is 42.7 Å². The van der Waals surface area contributed by atoms with Crippen molar-refractivity contribution in [2.75, 3.05) is 13.1 Å². The van der Waals surface area contributed by atoms with E-state index in [1.807, 2.05) is 18.7 Å². The Morgan fingerprint density at radius 3 is 2.52 bits per heavy atom. The highest BCUT2D eigenvalue weighted by atomic mass is 16.2. The van der Waals surface area contributed by atoms with Crippen molar-refractivity contribution in [3.63, 3.8) is 0 Å². The number of likely N-dealkylation sites (tertiary alicyclic amines) is 1. The van der Waals surface area contributed by atoms with E-state index in [4.69, 9.17) is 0 Å². The zero-order valence-corrected chi connectivity index (χ0v) is 14.8. The molecule has 1 saturated heterocycles. The van der Waals surface area contributed by atoms with E-state index in [1.165, 1.54) is 12.8 Å². The average Bonchev–Trinajstić information content (AvgIpc) is 3.27. The average molecular weight is 343 g/mol. The maximum absolute atomic E-state index is 12.4. The van der Waals surface area contributed by atoms with Crippen molar-refractivity contribution >= 4 is 6.03 Å². The Balaban J connectivity index is 1.28. The third kappa shape index (κ3) is 3.38. The number of H-pyrrole nitrogens is 2. The largest absolute Gasteiger partial charge is 0.334 e. The number of hydrogen-bond donors (Lipinski definition) is 3. The van der Waals surface area contributed by atoms with E-state index in [1.54, 1.807) is 0 Å². The van der Waals surface area contributed by atoms with Gasteiger partial charge in [0.15, 0.2) is 5.82 Å².